The van der Waals surface area contributed by atoms with Gasteiger partial charge in [0, 0.05) is 35.8 Å². The second-order valence-corrected chi connectivity index (χ2v) is 6.51. The first-order valence-corrected chi connectivity index (χ1v) is 8.48. The van der Waals surface area contributed by atoms with Gasteiger partial charge in [0.1, 0.15) is 0 Å². The second-order valence-electron chi connectivity index (χ2n) is 5.43. The van der Waals surface area contributed by atoms with E-state index >= 15 is 0 Å². The average Bonchev–Trinajstić information content (AvgIpc) is 3.04. The van der Waals surface area contributed by atoms with Gasteiger partial charge >= 0.3 is 0 Å². The Balaban J connectivity index is 1.50. The molecule has 0 aliphatic carbocycles. The highest BCUT2D eigenvalue weighted by molar-refractivity contribution is 7.15. The molecule has 0 saturated heterocycles. The molecule has 7 heteroatoms. The number of hydrogen-bond donors (Lipinski definition) is 1. The lowest BCUT2D eigenvalue weighted by atomic mass is 10.1. The van der Waals surface area contributed by atoms with E-state index in [9.17, 15) is 4.79 Å². The first-order valence-electron chi connectivity index (χ1n) is 7.66. The molecule has 120 valence electrons. The number of anilines is 2. The van der Waals surface area contributed by atoms with E-state index in [2.05, 4.69) is 20.3 Å². The molecule has 0 saturated carbocycles. The van der Waals surface area contributed by atoms with E-state index in [1.54, 1.807) is 29.8 Å². The molecular weight excluding hydrogens is 322 g/mol. The Morgan fingerprint density at radius 2 is 1.92 bits per heavy atom. The van der Waals surface area contributed by atoms with Crippen molar-refractivity contribution in [2.24, 2.45) is 0 Å². The molecule has 0 spiro atoms. The normalized spacial score (nSPS) is 13.4. The van der Waals surface area contributed by atoms with Crippen LogP contribution in [0.2, 0.25) is 0 Å². The van der Waals surface area contributed by atoms with E-state index in [4.69, 9.17) is 0 Å². The van der Waals surface area contributed by atoms with Gasteiger partial charge in [0.2, 0.25) is 5.95 Å². The summed E-state index contributed by atoms with van der Waals surface area (Å²) in [6, 6.07) is 11.2. The zero-order valence-electron chi connectivity index (χ0n) is 12.8. The summed E-state index contributed by atoms with van der Waals surface area (Å²) in [6.45, 7) is 1.28. The number of aromatic nitrogens is 3. The van der Waals surface area contributed by atoms with Crippen molar-refractivity contribution in [3.05, 3.63) is 64.9 Å². The molecule has 0 fully saturated rings. The van der Waals surface area contributed by atoms with Crippen molar-refractivity contribution < 1.29 is 4.79 Å². The quantitative estimate of drug-likeness (QED) is 0.796. The molecule has 3 aromatic rings. The summed E-state index contributed by atoms with van der Waals surface area (Å²) in [5.41, 5.74) is 1.78. The Labute approximate surface area is 143 Å². The standard InChI is InChI=1S/C17H15N5OS/c23-15(12-5-2-1-3-6-12)22-10-7-13-14(11-22)24-17(20-13)21-16-18-8-4-9-19-16/h1-6,8-9H,7,10-11H2,(H,18,19,20,21). The lowest BCUT2D eigenvalue weighted by molar-refractivity contribution is 0.0736. The van der Waals surface area contributed by atoms with Gasteiger partial charge in [-0.25, -0.2) is 15.0 Å². The van der Waals surface area contributed by atoms with Crippen molar-refractivity contribution in [3.8, 4) is 0 Å². The van der Waals surface area contributed by atoms with Gasteiger partial charge in [-0.15, -0.1) is 0 Å². The Hall–Kier alpha value is -2.80. The van der Waals surface area contributed by atoms with Gasteiger partial charge in [0.25, 0.3) is 5.91 Å². The summed E-state index contributed by atoms with van der Waals surface area (Å²) in [6.07, 6.45) is 4.13. The minimum Gasteiger partial charge on any atom is -0.333 e. The molecule has 1 amide bonds. The van der Waals surface area contributed by atoms with Crippen molar-refractivity contribution in [1.82, 2.24) is 19.9 Å². The van der Waals surface area contributed by atoms with E-state index < -0.39 is 0 Å². The first-order chi connectivity index (χ1) is 11.8. The van der Waals surface area contributed by atoms with Gasteiger partial charge in [-0.3, -0.25) is 4.79 Å². The summed E-state index contributed by atoms with van der Waals surface area (Å²) in [4.78, 5) is 28.5. The van der Waals surface area contributed by atoms with Crippen LogP contribution in [-0.2, 0) is 13.0 Å². The van der Waals surface area contributed by atoms with Crippen molar-refractivity contribution in [1.29, 1.82) is 0 Å². The minimum atomic E-state index is 0.0653. The predicted octanol–water partition coefficient (Wildman–Crippen LogP) is 2.88. The SMILES string of the molecule is O=C(c1ccccc1)N1CCc2nc(Nc3ncccn3)sc2C1. The third-order valence-electron chi connectivity index (χ3n) is 3.82. The van der Waals surface area contributed by atoms with Crippen LogP contribution in [0.25, 0.3) is 0 Å². The molecule has 3 heterocycles. The number of fused-ring (bicyclic) bond motifs is 1. The number of thiazole rings is 1. The number of benzene rings is 1. The summed E-state index contributed by atoms with van der Waals surface area (Å²) < 4.78 is 0. The van der Waals surface area contributed by atoms with Crippen molar-refractivity contribution >= 4 is 28.3 Å². The molecule has 1 aromatic carbocycles. The molecular formula is C17H15N5OS. The van der Waals surface area contributed by atoms with Gasteiger partial charge in [-0.1, -0.05) is 29.5 Å². The highest BCUT2D eigenvalue weighted by Gasteiger charge is 2.25. The van der Waals surface area contributed by atoms with Gasteiger partial charge < -0.3 is 10.2 Å². The molecule has 0 radical (unpaired) electrons. The highest BCUT2D eigenvalue weighted by atomic mass is 32.1. The van der Waals surface area contributed by atoms with Crippen LogP contribution in [-0.4, -0.2) is 32.3 Å². The van der Waals surface area contributed by atoms with E-state index in [-0.39, 0.29) is 5.91 Å². The summed E-state index contributed by atoms with van der Waals surface area (Å²) >= 11 is 1.55. The molecule has 24 heavy (non-hydrogen) atoms. The molecule has 1 aliphatic rings. The fourth-order valence-electron chi connectivity index (χ4n) is 2.64. The smallest absolute Gasteiger partial charge is 0.254 e. The van der Waals surface area contributed by atoms with Crippen molar-refractivity contribution in [3.63, 3.8) is 0 Å². The molecule has 0 atom stereocenters. The number of carbonyl (C=O) groups is 1. The third kappa shape index (κ3) is 2.98. The average molecular weight is 337 g/mol. The monoisotopic (exact) mass is 337 g/mol. The zero-order valence-corrected chi connectivity index (χ0v) is 13.7. The number of nitrogens with one attached hydrogen (secondary N) is 1. The topological polar surface area (TPSA) is 71.0 Å². The molecule has 6 nitrogen and oxygen atoms in total. The lowest BCUT2D eigenvalue weighted by Crippen LogP contribution is -2.35. The Morgan fingerprint density at radius 3 is 2.71 bits per heavy atom. The summed E-state index contributed by atoms with van der Waals surface area (Å²) in [5, 5.41) is 3.88. The molecule has 1 N–H and O–H groups in total. The van der Waals surface area contributed by atoms with Crippen LogP contribution in [0.5, 0.6) is 0 Å². The Morgan fingerprint density at radius 1 is 1.12 bits per heavy atom. The van der Waals surface area contributed by atoms with Crippen LogP contribution in [0, 0.1) is 0 Å². The molecule has 4 rings (SSSR count). The maximum atomic E-state index is 12.6. The predicted molar refractivity (Wildman–Crippen MR) is 92.3 cm³/mol. The van der Waals surface area contributed by atoms with Gasteiger partial charge in [0.15, 0.2) is 5.13 Å². The third-order valence-corrected chi connectivity index (χ3v) is 4.82. The number of hydrogen-bond acceptors (Lipinski definition) is 6. The molecule has 1 aliphatic heterocycles. The van der Waals surface area contributed by atoms with E-state index in [1.165, 1.54) is 0 Å². The number of rotatable bonds is 3. The van der Waals surface area contributed by atoms with Crippen LogP contribution in [0.15, 0.2) is 48.8 Å². The Bertz CT molecular complexity index is 850. The van der Waals surface area contributed by atoms with Crippen molar-refractivity contribution in [2.45, 2.75) is 13.0 Å². The maximum absolute atomic E-state index is 12.6. The Kier molecular flexibility index (Phi) is 3.92. The van der Waals surface area contributed by atoms with Crippen LogP contribution in [0.4, 0.5) is 11.1 Å². The number of nitrogens with zero attached hydrogens (tertiary/aromatic N) is 4. The highest BCUT2D eigenvalue weighted by Crippen LogP contribution is 2.30. The fourth-order valence-corrected chi connectivity index (χ4v) is 3.66. The van der Waals surface area contributed by atoms with E-state index in [0.717, 1.165) is 27.7 Å². The van der Waals surface area contributed by atoms with Gasteiger partial charge in [-0.2, -0.15) is 0 Å². The van der Waals surface area contributed by atoms with E-state index in [1.807, 2.05) is 35.2 Å². The molecule has 2 aromatic heterocycles. The minimum absolute atomic E-state index is 0.0653. The van der Waals surface area contributed by atoms with Gasteiger partial charge in [-0.05, 0) is 18.2 Å². The van der Waals surface area contributed by atoms with Gasteiger partial charge in [0.05, 0.1) is 12.2 Å². The lowest BCUT2D eigenvalue weighted by Gasteiger charge is -2.26. The fraction of sp³-hybridized carbons (Fsp3) is 0.176. The van der Waals surface area contributed by atoms with Crippen LogP contribution in [0.1, 0.15) is 20.9 Å². The number of amides is 1. The van der Waals surface area contributed by atoms with Crippen molar-refractivity contribution in [2.75, 3.05) is 11.9 Å². The molecule has 0 unspecified atom stereocenters. The first kappa shape index (κ1) is 14.8. The maximum Gasteiger partial charge on any atom is 0.254 e. The van der Waals surface area contributed by atoms with Crippen LogP contribution < -0.4 is 5.32 Å². The van der Waals surface area contributed by atoms with Crippen LogP contribution >= 0.6 is 11.3 Å². The van der Waals surface area contributed by atoms with Crippen LogP contribution in [0.3, 0.4) is 0 Å². The summed E-state index contributed by atoms with van der Waals surface area (Å²) in [7, 11) is 0. The second kappa shape index (κ2) is 6.37. The number of carbonyl (C=O) groups excluding carboxylic acids is 1. The largest absolute Gasteiger partial charge is 0.333 e. The van der Waals surface area contributed by atoms with E-state index in [0.29, 0.717) is 19.0 Å². The zero-order chi connectivity index (χ0) is 16.4. The summed E-state index contributed by atoms with van der Waals surface area (Å²) in [5.74, 6) is 0.594. The molecule has 0 bridgehead atoms.